The molecule has 0 radical (unpaired) electrons. The highest BCUT2D eigenvalue weighted by atomic mass is 79.9. The molecule has 1 aromatic carbocycles. The van der Waals surface area contributed by atoms with Gasteiger partial charge in [0, 0.05) is 16.7 Å². The number of nitrogens with one attached hydrogen (secondary N) is 1. The Morgan fingerprint density at radius 2 is 2.15 bits per heavy atom. The Kier molecular flexibility index (Phi) is 3.58. The van der Waals surface area contributed by atoms with E-state index in [0.717, 1.165) is 21.4 Å². The van der Waals surface area contributed by atoms with E-state index in [4.69, 9.17) is 11.6 Å². The molecule has 7 heteroatoms. The first-order chi connectivity index (χ1) is 9.63. The molecule has 0 saturated heterocycles. The SMILES string of the molecule is O=C1CN(c2ccnnc2)Cc2cc(Cl)c(Br)cc2N1. The molecule has 1 N–H and O–H groups in total. The van der Waals surface area contributed by atoms with E-state index < -0.39 is 0 Å². The van der Waals surface area contributed by atoms with Crippen LogP contribution in [0.5, 0.6) is 0 Å². The van der Waals surface area contributed by atoms with Crippen LogP contribution in [0.2, 0.25) is 5.02 Å². The quantitative estimate of drug-likeness (QED) is 0.856. The van der Waals surface area contributed by atoms with Gasteiger partial charge in [-0.3, -0.25) is 4.79 Å². The number of halogens is 2. The van der Waals surface area contributed by atoms with E-state index in [2.05, 4.69) is 31.4 Å². The second-order valence-electron chi connectivity index (χ2n) is 4.43. The summed E-state index contributed by atoms with van der Waals surface area (Å²) in [7, 11) is 0. The van der Waals surface area contributed by atoms with Crippen LogP contribution in [-0.2, 0) is 11.3 Å². The van der Waals surface area contributed by atoms with Crippen molar-refractivity contribution in [3.8, 4) is 0 Å². The number of aromatic nitrogens is 2. The number of fused-ring (bicyclic) bond motifs is 1. The van der Waals surface area contributed by atoms with Gasteiger partial charge in [-0.05, 0) is 39.7 Å². The van der Waals surface area contributed by atoms with Crippen LogP contribution < -0.4 is 10.2 Å². The molecule has 1 aliphatic heterocycles. The first-order valence-corrected chi connectivity index (χ1v) is 7.10. The van der Waals surface area contributed by atoms with Crippen molar-refractivity contribution in [3.05, 3.63) is 45.7 Å². The lowest BCUT2D eigenvalue weighted by Crippen LogP contribution is -2.29. The van der Waals surface area contributed by atoms with Crippen molar-refractivity contribution in [1.29, 1.82) is 0 Å². The van der Waals surface area contributed by atoms with Crippen molar-refractivity contribution in [1.82, 2.24) is 10.2 Å². The molecule has 20 heavy (non-hydrogen) atoms. The second-order valence-corrected chi connectivity index (χ2v) is 5.69. The van der Waals surface area contributed by atoms with Crippen molar-refractivity contribution in [3.63, 3.8) is 0 Å². The van der Waals surface area contributed by atoms with Gasteiger partial charge in [0.2, 0.25) is 5.91 Å². The summed E-state index contributed by atoms with van der Waals surface area (Å²) < 4.78 is 0.761. The monoisotopic (exact) mass is 352 g/mol. The molecule has 0 spiro atoms. The van der Waals surface area contributed by atoms with Gasteiger partial charge in [0.25, 0.3) is 0 Å². The highest BCUT2D eigenvalue weighted by Crippen LogP contribution is 2.32. The van der Waals surface area contributed by atoms with Gasteiger partial charge in [0.1, 0.15) is 0 Å². The summed E-state index contributed by atoms with van der Waals surface area (Å²) in [5, 5.41) is 11.1. The number of rotatable bonds is 1. The van der Waals surface area contributed by atoms with E-state index >= 15 is 0 Å². The fourth-order valence-electron chi connectivity index (χ4n) is 2.11. The fraction of sp³-hybridized carbons (Fsp3) is 0.154. The summed E-state index contributed by atoms with van der Waals surface area (Å²) in [5.74, 6) is -0.0743. The number of carbonyl (C=O) groups excluding carboxylic acids is 1. The van der Waals surface area contributed by atoms with Crippen LogP contribution in [0, 0.1) is 0 Å². The maximum absolute atomic E-state index is 12.0. The molecule has 5 nitrogen and oxygen atoms in total. The van der Waals surface area contributed by atoms with E-state index in [1.165, 1.54) is 0 Å². The number of hydrogen-bond acceptors (Lipinski definition) is 4. The standard InChI is InChI=1S/C13H10BrClN4O/c14-10-4-12-8(3-11(10)15)6-19(7-13(20)18-12)9-1-2-16-17-5-9/h1-5H,6-7H2,(H,18,20). The lowest BCUT2D eigenvalue weighted by molar-refractivity contribution is -0.114. The predicted octanol–water partition coefficient (Wildman–Crippen LogP) is 2.85. The van der Waals surface area contributed by atoms with Gasteiger partial charge in [-0.1, -0.05) is 11.6 Å². The number of hydrogen-bond donors (Lipinski definition) is 1. The topological polar surface area (TPSA) is 58.1 Å². The Morgan fingerprint density at radius 1 is 1.30 bits per heavy atom. The Morgan fingerprint density at radius 3 is 2.90 bits per heavy atom. The van der Waals surface area contributed by atoms with E-state index in [1.54, 1.807) is 12.4 Å². The second kappa shape index (κ2) is 5.38. The van der Waals surface area contributed by atoms with Crippen LogP contribution in [0.4, 0.5) is 11.4 Å². The Labute approximate surface area is 129 Å². The molecule has 2 aromatic rings. The van der Waals surface area contributed by atoms with E-state index in [9.17, 15) is 4.79 Å². The lowest BCUT2D eigenvalue weighted by atomic mass is 10.1. The van der Waals surface area contributed by atoms with Crippen molar-refractivity contribution < 1.29 is 4.79 Å². The van der Waals surface area contributed by atoms with Crippen molar-refractivity contribution >= 4 is 44.8 Å². The third-order valence-electron chi connectivity index (χ3n) is 3.05. The minimum atomic E-state index is -0.0743. The van der Waals surface area contributed by atoms with Crippen LogP contribution in [0.3, 0.4) is 0 Å². The number of carbonyl (C=O) groups is 1. The first-order valence-electron chi connectivity index (χ1n) is 5.93. The predicted molar refractivity (Wildman–Crippen MR) is 80.9 cm³/mol. The van der Waals surface area contributed by atoms with Crippen molar-refractivity contribution in [2.24, 2.45) is 0 Å². The molecule has 1 aliphatic rings. The van der Waals surface area contributed by atoms with Gasteiger partial charge >= 0.3 is 0 Å². The Hall–Kier alpha value is -1.66. The maximum Gasteiger partial charge on any atom is 0.243 e. The maximum atomic E-state index is 12.0. The fourth-order valence-corrected chi connectivity index (χ4v) is 2.64. The van der Waals surface area contributed by atoms with Crippen LogP contribution in [-0.4, -0.2) is 22.6 Å². The normalized spacial score (nSPS) is 14.5. The van der Waals surface area contributed by atoms with Crippen LogP contribution >= 0.6 is 27.5 Å². The van der Waals surface area contributed by atoms with Crippen molar-refractivity contribution in [2.45, 2.75) is 6.54 Å². The van der Waals surface area contributed by atoms with Gasteiger partial charge in [0.15, 0.2) is 0 Å². The van der Waals surface area contributed by atoms with E-state index in [0.29, 0.717) is 11.6 Å². The summed E-state index contributed by atoms with van der Waals surface area (Å²) in [5.41, 5.74) is 2.58. The molecule has 0 saturated carbocycles. The van der Waals surface area contributed by atoms with E-state index in [1.807, 2.05) is 23.1 Å². The summed E-state index contributed by atoms with van der Waals surface area (Å²) in [6.07, 6.45) is 3.24. The zero-order valence-electron chi connectivity index (χ0n) is 10.3. The minimum Gasteiger partial charge on any atom is -0.356 e. The van der Waals surface area contributed by atoms with Gasteiger partial charge in [0.05, 0.1) is 29.6 Å². The molecular formula is C13H10BrClN4O. The van der Waals surface area contributed by atoms with Gasteiger partial charge < -0.3 is 10.2 Å². The summed E-state index contributed by atoms with van der Waals surface area (Å²) in [6.45, 7) is 0.836. The summed E-state index contributed by atoms with van der Waals surface area (Å²) >= 11 is 9.49. The number of nitrogens with zero attached hydrogens (tertiary/aromatic N) is 3. The molecule has 0 unspecified atom stereocenters. The average molecular weight is 354 g/mol. The minimum absolute atomic E-state index is 0.0743. The molecule has 0 fully saturated rings. The molecule has 0 bridgehead atoms. The molecule has 2 heterocycles. The lowest BCUT2D eigenvalue weighted by Gasteiger charge is -2.21. The van der Waals surface area contributed by atoms with Crippen molar-refractivity contribution in [2.75, 3.05) is 16.8 Å². The molecule has 102 valence electrons. The highest BCUT2D eigenvalue weighted by molar-refractivity contribution is 9.10. The number of anilines is 2. The van der Waals surface area contributed by atoms with Crippen LogP contribution in [0.15, 0.2) is 35.1 Å². The third kappa shape index (κ3) is 2.62. The number of amides is 1. The molecule has 0 atom stereocenters. The van der Waals surface area contributed by atoms with Gasteiger partial charge in [-0.25, -0.2) is 0 Å². The molecule has 1 aromatic heterocycles. The molecular weight excluding hydrogens is 344 g/mol. The van der Waals surface area contributed by atoms with Crippen LogP contribution in [0.25, 0.3) is 0 Å². The number of benzene rings is 1. The zero-order valence-corrected chi connectivity index (χ0v) is 12.6. The van der Waals surface area contributed by atoms with Crippen LogP contribution in [0.1, 0.15) is 5.56 Å². The Balaban J connectivity index is 2.01. The third-order valence-corrected chi connectivity index (χ3v) is 4.25. The first kappa shape index (κ1) is 13.3. The molecule has 1 amide bonds. The van der Waals surface area contributed by atoms with Gasteiger partial charge in [-0.2, -0.15) is 10.2 Å². The van der Waals surface area contributed by atoms with E-state index in [-0.39, 0.29) is 12.5 Å². The Bertz CT molecular complexity index is 665. The molecule has 3 rings (SSSR count). The molecule has 0 aliphatic carbocycles. The smallest absolute Gasteiger partial charge is 0.243 e. The summed E-state index contributed by atoms with van der Waals surface area (Å²) in [4.78, 5) is 13.9. The average Bonchev–Trinajstić information content (AvgIpc) is 2.59. The zero-order chi connectivity index (χ0) is 14.1. The largest absolute Gasteiger partial charge is 0.356 e. The highest BCUT2D eigenvalue weighted by Gasteiger charge is 2.20. The summed E-state index contributed by atoms with van der Waals surface area (Å²) in [6, 6.07) is 5.50. The van der Waals surface area contributed by atoms with Gasteiger partial charge in [-0.15, -0.1) is 0 Å².